The van der Waals surface area contributed by atoms with Crippen LogP contribution in [0.25, 0.3) is 0 Å². The molecule has 1 rings (SSSR count). The van der Waals surface area contributed by atoms with Crippen molar-refractivity contribution in [1.82, 2.24) is 0 Å². The molecular weight excluding hydrogens is 171 g/mol. The molecule has 3 heteroatoms. The zero-order valence-corrected chi connectivity index (χ0v) is 8.47. The van der Waals surface area contributed by atoms with Crippen LogP contribution in [0, 0.1) is 0 Å². The molecule has 0 atom stereocenters. The number of rotatable bonds is 3. The summed E-state index contributed by atoms with van der Waals surface area (Å²) in [4.78, 5) is 0. The molecule has 1 aromatic rings. The number of para-hydroxylation sites is 2. The summed E-state index contributed by atoms with van der Waals surface area (Å²) >= 11 is 0. The van der Waals surface area contributed by atoms with Gasteiger partial charge in [0.05, 0.1) is 15.3 Å². The zero-order chi connectivity index (χ0) is 8.97. The van der Waals surface area contributed by atoms with E-state index in [0.29, 0.717) is 0 Å². The highest BCUT2D eigenvalue weighted by Gasteiger charge is 2.03. The Morgan fingerprint density at radius 3 is 2.17 bits per heavy atom. The summed E-state index contributed by atoms with van der Waals surface area (Å²) in [7, 11) is 1.27. The van der Waals surface area contributed by atoms with Gasteiger partial charge in [0.15, 0.2) is 11.5 Å². The van der Waals surface area contributed by atoms with Gasteiger partial charge in [0.25, 0.3) is 0 Å². The number of ether oxygens (including phenoxy) is 1. The van der Waals surface area contributed by atoms with Crippen molar-refractivity contribution in [1.29, 1.82) is 0 Å². The molecular formula is C9H13O2P. The first-order chi connectivity index (χ1) is 5.74. The Morgan fingerprint density at radius 1 is 1.08 bits per heavy atom. The fourth-order valence-electron chi connectivity index (χ4n) is 0.891. The van der Waals surface area contributed by atoms with E-state index in [4.69, 9.17) is 9.26 Å². The quantitative estimate of drug-likeness (QED) is 0.672. The summed E-state index contributed by atoms with van der Waals surface area (Å²) in [6.45, 7) is 4.11. The fraction of sp³-hybridized carbons (Fsp3) is 0.333. The van der Waals surface area contributed by atoms with Crippen LogP contribution in [0.4, 0.5) is 0 Å². The summed E-state index contributed by atoms with van der Waals surface area (Å²) in [5, 5.41) is 0. The molecule has 0 aromatic heterocycles. The van der Waals surface area contributed by atoms with Gasteiger partial charge >= 0.3 is 0 Å². The maximum atomic E-state index is 5.58. The molecule has 0 radical (unpaired) electrons. The SMILES string of the molecule is COc1ccccc1OP(C)C. The molecule has 0 bridgehead atoms. The third-order valence-corrected chi connectivity index (χ3v) is 1.91. The average molecular weight is 184 g/mol. The minimum absolute atomic E-state index is 0.379. The molecule has 0 fully saturated rings. The van der Waals surface area contributed by atoms with Crippen molar-refractivity contribution in [2.75, 3.05) is 20.4 Å². The molecule has 0 unspecified atom stereocenters. The molecule has 66 valence electrons. The fourth-order valence-corrected chi connectivity index (χ4v) is 1.44. The Hall–Kier alpha value is -0.750. The van der Waals surface area contributed by atoms with Crippen molar-refractivity contribution >= 4 is 8.15 Å². The lowest BCUT2D eigenvalue weighted by molar-refractivity contribution is 0.398. The average Bonchev–Trinajstić information content (AvgIpc) is 2.04. The highest BCUT2D eigenvalue weighted by atomic mass is 31.1. The van der Waals surface area contributed by atoms with E-state index in [1.807, 2.05) is 24.3 Å². The summed E-state index contributed by atoms with van der Waals surface area (Å²) in [6, 6.07) is 7.69. The lowest BCUT2D eigenvalue weighted by Crippen LogP contribution is -1.89. The third kappa shape index (κ3) is 2.38. The van der Waals surface area contributed by atoms with Gasteiger partial charge in [-0.25, -0.2) is 0 Å². The Balaban J connectivity index is 2.82. The molecule has 1 aromatic carbocycles. The van der Waals surface area contributed by atoms with Crippen molar-refractivity contribution in [2.45, 2.75) is 0 Å². The van der Waals surface area contributed by atoms with Crippen molar-refractivity contribution in [3.05, 3.63) is 24.3 Å². The van der Waals surface area contributed by atoms with E-state index in [1.54, 1.807) is 7.11 Å². The van der Waals surface area contributed by atoms with Gasteiger partial charge in [0.2, 0.25) is 0 Å². The van der Waals surface area contributed by atoms with E-state index in [0.717, 1.165) is 11.5 Å². The summed E-state index contributed by atoms with van der Waals surface area (Å²) in [5.74, 6) is 1.63. The Labute approximate surface area is 74.3 Å². The lowest BCUT2D eigenvalue weighted by atomic mass is 10.3. The normalized spacial score (nSPS) is 10.0. The molecule has 0 N–H and O–H groups in total. The van der Waals surface area contributed by atoms with E-state index in [-0.39, 0.29) is 8.15 Å². The van der Waals surface area contributed by atoms with Crippen molar-refractivity contribution in [3.8, 4) is 11.5 Å². The molecule has 0 aliphatic carbocycles. The molecule has 12 heavy (non-hydrogen) atoms. The molecule has 0 aliphatic rings. The highest BCUT2D eigenvalue weighted by Crippen LogP contribution is 2.35. The largest absolute Gasteiger partial charge is 0.493 e. The van der Waals surface area contributed by atoms with E-state index in [1.165, 1.54) is 0 Å². The molecule has 0 amide bonds. The van der Waals surface area contributed by atoms with Gasteiger partial charge in [-0.2, -0.15) is 0 Å². The molecule has 0 saturated carbocycles. The zero-order valence-electron chi connectivity index (χ0n) is 7.57. The standard InChI is InChI=1S/C9H13O2P/c1-10-8-6-4-5-7-9(8)11-12(2)3/h4-7H,1-3H3. The van der Waals surface area contributed by atoms with Gasteiger partial charge in [-0.15, -0.1) is 0 Å². The van der Waals surface area contributed by atoms with Crippen LogP contribution < -0.4 is 9.26 Å². The first kappa shape index (κ1) is 9.34. The van der Waals surface area contributed by atoms with Crippen molar-refractivity contribution in [3.63, 3.8) is 0 Å². The van der Waals surface area contributed by atoms with Gasteiger partial charge in [-0.05, 0) is 25.5 Å². The van der Waals surface area contributed by atoms with Crippen molar-refractivity contribution < 1.29 is 9.26 Å². The molecule has 0 spiro atoms. The topological polar surface area (TPSA) is 18.5 Å². The summed E-state index contributed by atoms with van der Waals surface area (Å²) in [5.41, 5.74) is 0. The van der Waals surface area contributed by atoms with Gasteiger partial charge < -0.3 is 9.26 Å². The van der Waals surface area contributed by atoms with E-state index >= 15 is 0 Å². The predicted molar refractivity (Wildman–Crippen MR) is 52.4 cm³/mol. The van der Waals surface area contributed by atoms with Crippen molar-refractivity contribution in [2.24, 2.45) is 0 Å². The first-order valence-electron chi connectivity index (χ1n) is 3.72. The first-order valence-corrected chi connectivity index (χ1v) is 5.87. The van der Waals surface area contributed by atoms with Crippen LogP contribution >= 0.6 is 8.15 Å². The van der Waals surface area contributed by atoms with E-state index in [9.17, 15) is 0 Å². The van der Waals surface area contributed by atoms with Gasteiger partial charge in [-0.3, -0.25) is 0 Å². The van der Waals surface area contributed by atoms with Gasteiger partial charge in [0.1, 0.15) is 0 Å². The monoisotopic (exact) mass is 184 g/mol. The minimum atomic E-state index is -0.379. The number of hydrogen-bond donors (Lipinski definition) is 0. The molecule has 0 saturated heterocycles. The molecule has 0 heterocycles. The summed E-state index contributed by atoms with van der Waals surface area (Å²) < 4.78 is 10.7. The molecule has 2 nitrogen and oxygen atoms in total. The Bertz CT molecular complexity index is 248. The highest BCUT2D eigenvalue weighted by molar-refractivity contribution is 7.51. The van der Waals surface area contributed by atoms with Crippen LogP contribution in [-0.2, 0) is 0 Å². The van der Waals surface area contributed by atoms with E-state index in [2.05, 4.69) is 13.3 Å². The molecule has 0 aliphatic heterocycles. The second-order valence-corrected chi connectivity index (χ2v) is 4.36. The minimum Gasteiger partial charge on any atom is -0.493 e. The van der Waals surface area contributed by atoms with Crippen LogP contribution in [0.3, 0.4) is 0 Å². The Kier molecular flexibility index (Phi) is 3.36. The van der Waals surface area contributed by atoms with Gasteiger partial charge in [-0.1, -0.05) is 12.1 Å². The third-order valence-electron chi connectivity index (χ3n) is 1.35. The smallest absolute Gasteiger partial charge is 0.165 e. The van der Waals surface area contributed by atoms with Crippen LogP contribution in [0.1, 0.15) is 0 Å². The van der Waals surface area contributed by atoms with Gasteiger partial charge in [0, 0.05) is 0 Å². The maximum Gasteiger partial charge on any atom is 0.165 e. The predicted octanol–water partition coefficient (Wildman–Crippen LogP) is 2.73. The van der Waals surface area contributed by atoms with Crippen LogP contribution in [0.15, 0.2) is 24.3 Å². The van der Waals surface area contributed by atoms with E-state index < -0.39 is 0 Å². The second-order valence-electron chi connectivity index (χ2n) is 2.55. The number of benzene rings is 1. The number of hydrogen-bond acceptors (Lipinski definition) is 2. The van der Waals surface area contributed by atoms with Crippen LogP contribution in [-0.4, -0.2) is 20.4 Å². The summed E-state index contributed by atoms with van der Waals surface area (Å²) in [6.07, 6.45) is 0. The van der Waals surface area contributed by atoms with Crippen LogP contribution in [0.5, 0.6) is 11.5 Å². The lowest BCUT2D eigenvalue weighted by Gasteiger charge is -2.11. The second kappa shape index (κ2) is 4.32. The Morgan fingerprint density at radius 2 is 1.67 bits per heavy atom. The number of methoxy groups -OCH3 is 1. The van der Waals surface area contributed by atoms with Crippen LogP contribution in [0.2, 0.25) is 0 Å². The maximum absolute atomic E-state index is 5.58.